The number of carbonyl (C=O) groups excluding carboxylic acids is 1. The summed E-state index contributed by atoms with van der Waals surface area (Å²) in [5.74, 6) is 0.723. The van der Waals surface area contributed by atoms with Gasteiger partial charge in [0, 0.05) is 23.0 Å². The molecule has 140 valence electrons. The highest BCUT2D eigenvalue weighted by Crippen LogP contribution is 2.19. The second kappa shape index (κ2) is 8.63. The minimum atomic E-state index is -0.0563. The van der Waals surface area contributed by atoms with Crippen molar-refractivity contribution in [3.8, 4) is 11.4 Å². The van der Waals surface area contributed by atoms with Crippen molar-refractivity contribution in [3.05, 3.63) is 68.9 Å². The van der Waals surface area contributed by atoms with Crippen LogP contribution in [0.1, 0.15) is 30.5 Å². The van der Waals surface area contributed by atoms with Gasteiger partial charge in [0.1, 0.15) is 0 Å². The number of halogens is 1. The fraction of sp³-hybridized carbons (Fsp3) is 0.250. The van der Waals surface area contributed by atoms with Gasteiger partial charge < -0.3 is 5.32 Å². The molecule has 2 aromatic carbocycles. The van der Waals surface area contributed by atoms with Gasteiger partial charge in [-0.05, 0) is 49.8 Å². The summed E-state index contributed by atoms with van der Waals surface area (Å²) in [7, 11) is 0. The molecule has 1 unspecified atom stereocenters. The number of rotatable bonds is 6. The molecular weight excluding hydrogens is 424 g/mol. The summed E-state index contributed by atoms with van der Waals surface area (Å²) in [6.07, 6.45) is 0.327. The van der Waals surface area contributed by atoms with Crippen LogP contribution in [0, 0.1) is 11.7 Å². The first-order valence-electron chi connectivity index (χ1n) is 8.71. The number of aromatic nitrogens is 3. The van der Waals surface area contributed by atoms with Gasteiger partial charge in [-0.2, -0.15) is 5.10 Å². The van der Waals surface area contributed by atoms with Gasteiger partial charge in [-0.25, -0.2) is 0 Å². The monoisotopic (exact) mass is 444 g/mol. The molecule has 0 saturated heterocycles. The Morgan fingerprint density at radius 2 is 2.04 bits per heavy atom. The Kier molecular flexibility index (Phi) is 6.23. The zero-order valence-electron chi connectivity index (χ0n) is 15.2. The highest BCUT2D eigenvalue weighted by molar-refractivity contribution is 9.10. The lowest BCUT2D eigenvalue weighted by Gasteiger charge is -2.15. The molecule has 1 heterocycles. The van der Waals surface area contributed by atoms with E-state index < -0.39 is 0 Å². The zero-order chi connectivity index (χ0) is 19.4. The van der Waals surface area contributed by atoms with Gasteiger partial charge in [-0.3, -0.25) is 14.5 Å². The first-order valence-corrected chi connectivity index (χ1v) is 9.91. The van der Waals surface area contributed by atoms with Crippen LogP contribution in [0.5, 0.6) is 0 Å². The van der Waals surface area contributed by atoms with Crippen molar-refractivity contribution >= 4 is 34.1 Å². The minimum absolute atomic E-state index is 0.0243. The first kappa shape index (κ1) is 19.5. The lowest BCUT2D eigenvalue weighted by Crippen LogP contribution is -2.27. The Morgan fingerprint density at radius 1 is 1.30 bits per heavy atom. The van der Waals surface area contributed by atoms with Crippen LogP contribution in [0.4, 0.5) is 0 Å². The van der Waals surface area contributed by atoms with Crippen molar-refractivity contribution in [3.63, 3.8) is 0 Å². The van der Waals surface area contributed by atoms with Crippen molar-refractivity contribution in [2.24, 2.45) is 0 Å². The van der Waals surface area contributed by atoms with E-state index in [4.69, 9.17) is 12.2 Å². The Hall–Kier alpha value is -2.25. The third kappa shape index (κ3) is 4.93. The van der Waals surface area contributed by atoms with Gasteiger partial charge in [-0.15, -0.1) is 0 Å². The van der Waals surface area contributed by atoms with E-state index in [0.29, 0.717) is 17.7 Å². The topological polar surface area (TPSA) is 62.7 Å². The summed E-state index contributed by atoms with van der Waals surface area (Å²) in [6.45, 7) is 4.48. The Bertz CT molecular complexity index is 994. The Morgan fingerprint density at radius 3 is 2.74 bits per heavy atom. The van der Waals surface area contributed by atoms with E-state index in [2.05, 4.69) is 37.5 Å². The normalized spacial score (nSPS) is 12.0. The van der Waals surface area contributed by atoms with Crippen LogP contribution < -0.4 is 5.32 Å². The summed E-state index contributed by atoms with van der Waals surface area (Å²) in [6, 6.07) is 15.9. The highest BCUT2D eigenvalue weighted by Gasteiger charge is 2.13. The van der Waals surface area contributed by atoms with Gasteiger partial charge in [0.05, 0.1) is 6.04 Å². The quantitative estimate of drug-likeness (QED) is 0.528. The average Bonchev–Trinajstić information content (AvgIpc) is 3.01. The number of nitrogens with zero attached hydrogens (tertiary/aromatic N) is 2. The van der Waals surface area contributed by atoms with Gasteiger partial charge in [0.2, 0.25) is 5.91 Å². The minimum Gasteiger partial charge on any atom is -0.350 e. The van der Waals surface area contributed by atoms with Crippen molar-refractivity contribution in [1.82, 2.24) is 20.1 Å². The lowest BCUT2D eigenvalue weighted by molar-refractivity contribution is -0.121. The number of nitrogens with one attached hydrogen (secondary N) is 2. The number of hydrogen-bond acceptors (Lipinski definition) is 3. The number of carbonyl (C=O) groups is 1. The molecule has 27 heavy (non-hydrogen) atoms. The number of aryl methyl sites for hydroxylation is 1. The van der Waals surface area contributed by atoms with Crippen molar-refractivity contribution in [2.75, 3.05) is 0 Å². The standard InChI is InChI=1S/C20H21BrN4OS/c1-13-4-3-5-16(12-13)19-23-24-20(27)25(19)11-10-18(26)22-14(2)15-6-8-17(21)9-7-15/h3-9,12,14H,10-11H2,1-2H3,(H,22,26)(H,24,27). The number of aromatic amines is 1. The third-order valence-corrected chi connectivity index (χ3v) is 5.18. The number of amides is 1. The fourth-order valence-corrected chi connectivity index (χ4v) is 3.38. The molecule has 0 radical (unpaired) electrons. The predicted molar refractivity (Wildman–Crippen MR) is 113 cm³/mol. The van der Waals surface area contributed by atoms with E-state index in [9.17, 15) is 4.79 Å². The second-order valence-corrected chi connectivity index (χ2v) is 7.77. The maximum atomic E-state index is 12.4. The van der Waals surface area contributed by atoms with E-state index in [-0.39, 0.29) is 11.9 Å². The number of hydrogen-bond donors (Lipinski definition) is 2. The van der Waals surface area contributed by atoms with E-state index >= 15 is 0 Å². The molecule has 1 amide bonds. The van der Waals surface area contributed by atoms with Gasteiger partial charge in [0.15, 0.2) is 10.6 Å². The molecule has 7 heteroatoms. The summed E-state index contributed by atoms with van der Waals surface area (Å²) in [5, 5.41) is 10.2. The smallest absolute Gasteiger partial charge is 0.222 e. The fourth-order valence-electron chi connectivity index (χ4n) is 2.89. The molecule has 0 fully saturated rings. The molecule has 1 atom stereocenters. The van der Waals surface area contributed by atoms with Crippen LogP contribution in [0.25, 0.3) is 11.4 Å². The predicted octanol–water partition coefficient (Wildman–Crippen LogP) is 4.95. The van der Waals surface area contributed by atoms with Crippen molar-refractivity contribution in [2.45, 2.75) is 32.9 Å². The van der Waals surface area contributed by atoms with Crippen LogP contribution >= 0.6 is 28.1 Å². The van der Waals surface area contributed by atoms with Crippen LogP contribution in [-0.2, 0) is 11.3 Å². The van der Waals surface area contributed by atoms with E-state index in [0.717, 1.165) is 27.0 Å². The largest absolute Gasteiger partial charge is 0.350 e. The SMILES string of the molecule is Cc1cccc(-c2n[nH]c(=S)n2CCC(=O)NC(C)c2ccc(Br)cc2)c1. The molecule has 1 aromatic heterocycles. The summed E-state index contributed by atoms with van der Waals surface area (Å²) in [4.78, 5) is 12.4. The van der Waals surface area contributed by atoms with Crippen LogP contribution in [0.15, 0.2) is 53.0 Å². The lowest BCUT2D eigenvalue weighted by atomic mass is 10.1. The molecule has 0 bridgehead atoms. The van der Waals surface area contributed by atoms with Gasteiger partial charge >= 0.3 is 0 Å². The Labute approximate surface area is 171 Å². The molecule has 0 saturated carbocycles. The highest BCUT2D eigenvalue weighted by atomic mass is 79.9. The van der Waals surface area contributed by atoms with Crippen LogP contribution in [-0.4, -0.2) is 20.7 Å². The molecule has 2 N–H and O–H groups in total. The number of H-pyrrole nitrogens is 1. The summed E-state index contributed by atoms with van der Waals surface area (Å²) >= 11 is 8.76. The first-order chi connectivity index (χ1) is 12.9. The second-order valence-electron chi connectivity index (χ2n) is 6.46. The van der Waals surface area contributed by atoms with Crippen molar-refractivity contribution < 1.29 is 4.79 Å². The maximum Gasteiger partial charge on any atom is 0.222 e. The van der Waals surface area contributed by atoms with Gasteiger partial charge in [-0.1, -0.05) is 51.8 Å². The number of benzene rings is 2. The molecule has 0 aliphatic rings. The average molecular weight is 445 g/mol. The molecule has 3 aromatic rings. The maximum absolute atomic E-state index is 12.4. The molecule has 0 aliphatic carbocycles. The van der Waals surface area contributed by atoms with E-state index in [1.54, 1.807) is 0 Å². The summed E-state index contributed by atoms with van der Waals surface area (Å²) < 4.78 is 3.40. The summed E-state index contributed by atoms with van der Waals surface area (Å²) in [5.41, 5.74) is 3.19. The van der Waals surface area contributed by atoms with Crippen LogP contribution in [0.3, 0.4) is 0 Å². The molecule has 0 spiro atoms. The zero-order valence-corrected chi connectivity index (χ0v) is 17.6. The van der Waals surface area contributed by atoms with E-state index in [1.165, 1.54) is 0 Å². The van der Waals surface area contributed by atoms with Gasteiger partial charge in [0.25, 0.3) is 0 Å². The molecule has 0 aliphatic heterocycles. The molecular formula is C20H21BrN4OS. The molecule has 5 nitrogen and oxygen atoms in total. The van der Waals surface area contributed by atoms with Crippen molar-refractivity contribution in [1.29, 1.82) is 0 Å². The molecule has 3 rings (SSSR count). The van der Waals surface area contributed by atoms with E-state index in [1.807, 2.05) is 60.9 Å². The van der Waals surface area contributed by atoms with Crippen LogP contribution in [0.2, 0.25) is 0 Å². The third-order valence-electron chi connectivity index (χ3n) is 4.34. The Balaban J connectivity index is 1.66.